The summed E-state index contributed by atoms with van der Waals surface area (Å²) in [6.45, 7) is 0. The van der Waals surface area contributed by atoms with Crippen LogP contribution in [0, 0.1) is 0 Å². The fraction of sp³-hybridized carbons (Fsp3) is 0. The predicted molar refractivity (Wildman–Crippen MR) is 180 cm³/mol. The highest BCUT2D eigenvalue weighted by Crippen LogP contribution is 2.45. The average Bonchev–Trinajstić information content (AvgIpc) is 3.82. The highest BCUT2D eigenvalue weighted by Gasteiger charge is 2.14. The third kappa shape index (κ3) is 4.25. The molecule has 0 fully saturated rings. The molecule has 0 aliphatic heterocycles. The minimum atomic E-state index is 1.29. The Morgan fingerprint density at radius 1 is 0.250 bits per heavy atom. The van der Waals surface area contributed by atoms with E-state index in [-0.39, 0.29) is 0 Å². The highest BCUT2D eigenvalue weighted by molar-refractivity contribution is 7.29. The van der Waals surface area contributed by atoms with E-state index in [1.807, 2.05) is 45.3 Å². The van der Waals surface area contributed by atoms with Gasteiger partial charge in [0.2, 0.25) is 0 Å². The molecule has 0 aliphatic carbocycles. The van der Waals surface area contributed by atoms with Crippen molar-refractivity contribution in [2.24, 2.45) is 0 Å². The van der Waals surface area contributed by atoms with Crippen LogP contribution in [0.15, 0.2) is 133 Å². The van der Waals surface area contributed by atoms with Gasteiger partial charge in [-0.2, -0.15) is 0 Å². The van der Waals surface area contributed by atoms with Crippen molar-refractivity contribution in [3.05, 3.63) is 133 Å². The zero-order chi connectivity index (χ0) is 26.5. The topological polar surface area (TPSA) is 0 Å². The number of benzene rings is 4. The third-order valence-corrected chi connectivity index (χ3v) is 12.3. The summed E-state index contributed by atoms with van der Waals surface area (Å²) in [6, 6.07) is 48.7. The van der Waals surface area contributed by atoms with Gasteiger partial charge in [0.15, 0.2) is 0 Å². The van der Waals surface area contributed by atoms with Crippen molar-refractivity contribution < 1.29 is 0 Å². The second-order valence-corrected chi connectivity index (χ2v) is 14.0. The van der Waals surface area contributed by atoms with Crippen LogP contribution in [0.5, 0.6) is 0 Å². The lowest BCUT2D eigenvalue weighted by molar-refractivity contribution is 1.74. The summed E-state index contributed by atoms with van der Waals surface area (Å²) < 4.78 is 0. The summed E-state index contributed by atoms with van der Waals surface area (Å²) in [7, 11) is 0. The average molecular weight is 583 g/mol. The first-order valence-electron chi connectivity index (χ1n) is 13.2. The van der Waals surface area contributed by atoms with E-state index in [9.17, 15) is 0 Å². The van der Waals surface area contributed by atoms with Crippen molar-refractivity contribution in [2.75, 3.05) is 0 Å². The monoisotopic (exact) mass is 582 g/mol. The number of hydrogen-bond donors (Lipinski definition) is 0. The molecule has 0 aliphatic rings. The van der Waals surface area contributed by atoms with Gasteiger partial charge in [0.25, 0.3) is 0 Å². The van der Waals surface area contributed by atoms with Crippen molar-refractivity contribution in [3.8, 4) is 50.1 Å². The van der Waals surface area contributed by atoms with Gasteiger partial charge in [-0.25, -0.2) is 0 Å². The molecule has 4 heterocycles. The molecule has 4 heteroatoms. The molecule has 8 aromatic rings. The van der Waals surface area contributed by atoms with E-state index in [1.165, 1.54) is 71.7 Å². The molecule has 0 N–H and O–H groups in total. The van der Waals surface area contributed by atoms with Gasteiger partial charge in [0.1, 0.15) is 0 Å². The lowest BCUT2D eigenvalue weighted by atomic mass is 10.0. The number of thiophene rings is 4. The first-order chi connectivity index (χ1) is 19.8. The molecule has 0 amide bonds. The molecule has 40 heavy (non-hydrogen) atoms. The molecule has 4 aromatic heterocycles. The van der Waals surface area contributed by atoms with E-state index < -0.39 is 0 Å². The van der Waals surface area contributed by atoms with Crippen LogP contribution in [0.2, 0.25) is 0 Å². The van der Waals surface area contributed by atoms with Gasteiger partial charge in [0, 0.05) is 39.0 Å². The molecular weight excluding hydrogens is 561 g/mol. The number of fused-ring (bicyclic) bond motifs is 2. The van der Waals surface area contributed by atoms with Crippen LogP contribution in [-0.2, 0) is 0 Å². The maximum absolute atomic E-state index is 2.28. The Labute approximate surface area is 249 Å². The van der Waals surface area contributed by atoms with Gasteiger partial charge in [-0.3, -0.25) is 0 Å². The molecule has 0 radical (unpaired) electrons. The van der Waals surface area contributed by atoms with Crippen LogP contribution in [-0.4, -0.2) is 0 Å². The van der Waals surface area contributed by atoms with Crippen LogP contribution < -0.4 is 0 Å². The standard InChI is InChI=1S/C36H22S4/c1-3-11-25-23(7-1)9-5-13-27(25)29-15-17-31(37-29)33-19-21-35(39-33)36-22-20-34(40-36)32-18-16-30(38-32)28-14-6-10-24-8-2-4-12-26(24)28/h1-22H. The summed E-state index contributed by atoms with van der Waals surface area (Å²) in [6.07, 6.45) is 0. The quantitative estimate of drug-likeness (QED) is 0.189. The molecule has 0 atom stereocenters. The van der Waals surface area contributed by atoms with E-state index in [2.05, 4.69) is 133 Å². The Morgan fingerprint density at radius 3 is 0.950 bits per heavy atom. The van der Waals surface area contributed by atoms with Crippen LogP contribution in [0.1, 0.15) is 0 Å². The van der Waals surface area contributed by atoms with E-state index in [0.717, 1.165) is 0 Å². The number of rotatable bonds is 5. The summed E-state index contributed by atoms with van der Waals surface area (Å²) in [5.41, 5.74) is 2.63. The lowest BCUT2D eigenvalue weighted by Crippen LogP contribution is -1.76. The zero-order valence-corrected chi connectivity index (χ0v) is 24.6. The summed E-state index contributed by atoms with van der Waals surface area (Å²) in [5.74, 6) is 0. The second kappa shape index (κ2) is 9.99. The minimum absolute atomic E-state index is 1.29. The van der Waals surface area contributed by atoms with Gasteiger partial charge in [0.05, 0.1) is 0 Å². The van der Waals surface area contributed by atoms with E-state index in [0.29, 0.717) is 0 Å². The van der Waals surface area contributed by atoms with Gasteiger partial charge in [-0.05, 0) is 81.2 Å². The molecule has 0 nitrogen and oxygen atoms in total. The molecule has 0 spiro atoms. The molecule has 0 bridgehead atoms. The van der Waals surface area contributed by atoms with Crippen LogP contribution in [0.3, 0.4) is 0 Å². The Bertz CT molecular complexity index is 1970. The smallest absolute Gasteiger partial charge is 0.0449 e. The zero-order valence-electron chi connectivity index (χ0n) is 21.3. The molecule has 0 saturated heterocycles. The van der Waals surface area contributed by atoms with Crippen molar-refractivity contribution in [1.82, 2.24) is 0 Å². The highest BCUT2D eigenvalue weighted by atomic mass is 32.1. The summed E-state index contributed by atoms with van der Waals surface area (Å²) >= 11 is 7.54. The maximum atomic E-state index is 2.28. The van der Waals surface area contributed by atoms with Crippen molar-refractivity contribution in [1.29, 1.82) is 0 Å². The Balaban J connectivity index is 1.07. The van der Waals surface area contributed by atoms with Crippen LogP contribution in [0.4, 0.5) is 0 Å². The van der Waals surface area contributed by atoms with E-state index in [4.69, 9.17) is 0 Å². The van der Waals surface area contributed by atoms with Crippen molar-refractivity contribution in [2.45, 2.75) is 0 Å². The van der Waals surface area contributed by atoms with Crippen LogP contribution >= 0.6 is 45.3 Å². The normalized spacial score (nSPS) is 11.5. The van der Waals surface area contributed by atoms with Crippen molar-refractivity contribution in [3.63, 3.8) is 0 Å². The second-order valence-electron chi connectivity index (χ2n) is 9.71. The molecule has 4 aromatic carbocycles. The van der Waals surface area contributed by atoms with Gasteiger partial charge in [-0.15, -0.1) is 45.3 Å². The van der Waals surface area contributed by atoms with E-state index in [1.54, 1.807) is 0 Å². The third-order valence-electron chi connectivity index (χ3n) is 7.26. The first-order valence-corrected chi connectivity index (χ1v) is 16.4. The first kappa shape index (κ1) is 24.0. The lowest BCUT2D eigenvalue weighted by Gasteiger charge is -2.03. The molecular formula is C36H22S4. The van der Waals surface area contributed by atoms with Crippen molar-refractivity contribution >= 4 is 66.9 Å². The van der Waals surface area contributed by atoms with Gasteiger partial charge in [-0.1, -0.05) is 84.9 Å². The SMILES string of the molecule is c1ccc2c(-c3ccc(-c4ccc(-c5ccc(-c6ccc(-c7cccc8ccccc78)s6)s5)s4)s3)cccc2c1. The minimum Gasteiger partial charge on any atom is -0.134 e. The van der Waals surface area contributed by atoms with E-state index >= 15 is 0 Å². The Kier molecular flexibility index (Phi) is 6.00. The predicted octanol–water partition coefficient (Wildman–Crippen LogP) is 12.6. The molecule has 0 saturated carbocycles. The summed E-state index contributed by atoms with van der Waals surface area (Å²) in [4.78, 5) is 10.6. The number of hydrogen-bond acceptors (Lipinski definition) is 4. The fourth-order valence-corrected chi connectivity index (χ4v) is 9.69. The summed E-state index contributed by atoms with van der Waals surface area (Å²) in [5, 5.41) is 5.20. The maximum Gasteiger partial charge on any atom is 0.0449 e. The Hall–Kier alpha value is -3.80. The molecule has 8 rings (SSSR count). The van der Waals surface area contributed by atoms with Gasteiger partial charge >= 0.3 is 0 Å². The Morgan fingerprint density at radius 2 is 0.550 bits per heavy atom. The van der Waals surface area contributed by atoms with Crippen LogP contribution in [0.25, 0.3) is 71.7 Å². The molecule has 0 unspecified atom stereocenters. The largest absolute Gasteiger partial charge is 0.134 e. The molecule has 190 valence electrons. The van der Waals surface area contributed by atoms with Gasteiger partial charge < -0.3 is 0 Å². The fourth-order valence-electron chi connectivity index (χ4n) is 5.32.